The summed E-state index contributed by atoms with van der Waals surface area (Å²) < 4.78 is 16.6. The van der Waals surface area contributed by atoms with Crippen LogP contribution in [0.4, 0.5) is 0 Å². The summed E-state index contributed by atoms with van der Waals surface area (Å²) in [5.41, 5.74) is 0. The van der Waals surface area contributed by atoms with Crippen LogP contribution in [0.5, 0.6) is 0 Å². The van der Waals surface area contributed by atoms with E-state index < -0.39 is 5.79 Å². The van der Waals surface area contributed by atoms with Crippen molar-refractivity contribution in [1.82, 2.24) is 5.32 Å². The number of rotatable bonds is 2. The zero-order valence-corrected chi connectivity index (χ0v) is 9.62. The molecule has 0 aromatic heterocycles. The van der Waals surface area contributed by atoms with Crippen molar-refractivity contribution in [1.29, 1.82) is 0 Å². The van der Waals surface area contributed by atoms with Crippen LogP contribution in [0.15, 0.2) is 0 Å². The Kier molecular flexibility index (Phi) is 3.61. The van der Waals surface area contributed by atoms with Gasteiger partial charge in [0.05, 0.1) is 25.9 Å². The molecule has 2 aliphatic heterocycles. The summed E-state index contributed by atoms with van der Waals surface area (Å²) in [5.74, 6) is -0.415. The molecule has 0 aromatic rings. The molecule has 1 atom stereocenters. The van der Waals surface area contributed by atoms with Gasteiger partial charge in [0.15, 0.2) is 5.79 Å². The minimum absolute atomic E-state index is 0.310. The summed E-state index contributed by atoms with van der Waals surface area (Å²) in [6.45, 7) is 7.08. The van der Waals surface area contributed by atoms with E-state index in [0.717, 1.165) is 32.8 Å². The van der Waals surface area contributed by atoms with E-state index in [1.54, 1.807) is 0 Å². The van der Waals surface area contributed by atoms with Crippen LogP contribution in [0.1, 0.15) is 26.7 Å². The largest absolute Gasteiger partial charge is 0.380 e. The Hall–Kier alpha value is -0.160. The smallest absolute Gasteiger partial charge is 0.162 e. The van der Waals surface area contributed by atoms with Gasteiger partial charge in [-0.05, 0) is 26.7 Å². The SMILES string of the molecule is CC1(C)OCC(NC2CCCOC2)CO1. The fourth-order valence-electron chi connectivity index (χ4n) is 1.99. The third-order valence-electron chi connectivity index (χ3n) is 2.90. The molecule has 0 aliphatic carbocycles. The highest BCUT2D eigenvalue weighted by Crippen LogP contribution is 2.18. The van der Waals surface area contributed by atoms with Gasteiger partial charge in [0.1, 0.15) is 0 Å². The highest BCUT2D eigenvalue weighted by Gasteiger charge is 2.29. The lowest BCUT2D eigenvalue weighted by atomic mass is 10.1. The molecule has 4 heteroatoms. The van der Waals surface area contributed by atoms with Gasteiger partial charge in [-0.1, -0.05) is 0 Å². The lowest BCUT2D eigenvalue weighted by molar-refractivity contribution is -0.254. The summed E-state index contributed by atoms with van der Waals surface area (Å²) in [7, 11) is 0. The highest BCUT2D eigenvalue weighted by atomic mass is 16.7. The average molecular weight is 215 g/mol. The maximum atomic E-state index is 5.59. The van der Waals surface area contributed by atoms with Crippen molar-refractivity contribution in [3.05, 3.63) is 0 Å². The van der Waals surface area contributed by atoms with Crippen molar-refractivity contribution in [3.8, 4) is 0 Å². The van der Waals surface area contributed by atoms with E-state index in [1.165, 1.54) is 6.42 Å². The Morgan fingerprint density at radius 2 is 1.80 bits per heavy atom. The molecule has 2 heterocycles. The second-order valence-corrected chi connectivity index (χ2v) is 4.80. The minimum atomic E-state index is -0.415. The number of ether oxygens (including phenoxy) is 3. The molecule has 4 nitrogen and oxygen atoms in total. The first-order valence-corrected chi connectivity index (χ1v) is 5.77. The third kappa shape index (κ3) is 3.41. The van der Waals surface area contributed by atoms with E-state index in [0.29, 0.717) is 12.1 Å². The van der Waals surface area contributed by atoms with Gasteiger partial charge in [0, 0.05) is 12.6 Å². The topological polar surface area (TPSA) is 39.7 Å². The van der Waals surface area contributed by atoms with Gasteiger partial charge in [-0.3, -0.25) is 0 Å². The predicted molar refractivity (Wildman–Crippen MR) is 56.7 cm³/mol. The van der Waals surface area contributed by atoms with Gasteiger partial charge >= 0.3 is 0 Å². The van der Waals surface area contributed by atoms with Crippen molar-refractivity contribution < 1.29 is 14.2 Å². The summed E-state index contributed by atoms with van der Waals surface area (Å²) in [5, 5.41) is 3.52. The van der Waals surface area contributed by atoms with Gasteiger partial charge in [-0.15, -0.1) is 0 Å². The van der Waals surface area contributed by atoms with Crippen LogP contribution in [0.2, 0.25) is 0 Å². The average Bonchev–Trinajstić information content (AvgIpc) is 2.23. The van der Waals surface area contributed by atoms with Crippen molar-refractivity contribution >= 4 is 0 Å². The normalized spacial score (nSPS) is 32.8. The summed E-state index contributed by atoms with van der Waals surface area (Å²) >= 11 is 0. The number of hydrogen-bond donors (Lipinski definition) is 1. The van der Waals surface area contributed by atoms with E-state index >= 15 is 0 Å². The highest BCUT2D eigenvalue weighted by molar-refractivity contribution is 4.79. The first kappa shape index (κ1) is 11.3. The molecular formula is C11H21NO3. The van der Waals surface area contributed by atoms with E-state index in [-0.39, 0.29) is 0 Å². The summed E-state index contributed by atoms with van der Waals surface area (Å²) in [6, 6.07) is 0.780. The van der Waals surface area contributed by atoms with Crippen molar-refractivity contribution in [2.24, 2.45) is 0 Å². The Morgan fingerprint density at radius 3 is 2.40 bits per heavy atom. The maximum absolute atomic E-state index is 5.59. The minimum Gasteiger partial charge on any atom is -0.380 e. The number of hydrogen-bond acceptors (Lipinski definition) is 4. The molecule has 0 aromatic carbocycles. The van der Waals surface area contributed by atoms with E-state index in [9.17, 15) is 0 Å². The van der Waals surface area contributed by atoms with E-state index in [1.807, 2.05) is 13.8 Å². The molecule has 2 aliphatic rings. The second-order valence-electron chi connectivity index (χ2n) is 4.80. The lowest BCUT2D eigenvalue weighted by Gasteiger charge is -2.37. The van der Waals surface area contributed by atoms with Crippen molar-refractivity contribution in [2.45, 2.75) is 44.6 Å². The Balaban J connectivity index is 1.71. The van der Waals surface area contributed by atoms with Crippen LogP contribution in [0.25, 0.3) is 0 Å². The zero-order chi connectivity index (χ0) is 10.7. The summed E-state index contributed by atoms with van der Waals surface area (Å²) in [4.78, 5) is 0. The molecule has 0 bridgehead atoms. The van der Waals surface area contributed by atoms with Crippen LogP contribution in [-0.2, 0) is 14.2 Å². The Labute approximate surface area is 91.3 Å². The predicted octanol–water partition coefficient (Wildman–Crippen LogP) is 0.906. The van der Waals surface area contributed by atoms with Gasteiger partial charge in [-0.25, -0.2) is 0 Å². The molecule has 0 saturated carbocycles. The second kappa shape index (κ2) is 4.78. The number of nitrogens with one attached hydrogen (secondary N) is 1. The molecule has 2 rings (SSSR count). The lowest BCUT2D eigenvalue weighted by Crippen LogP contribution is -2.53. The maximum Gasteiger partial charge on any atom is 0.162 e. The molecule has 1 N–H and O–H groups in total. The zero-order valence-electron chi connectivity index (χ0n) is 9.62. The van der Waals surface area contributed by atoms with Gasteiger partial charge in [-0.2, -0.15) is 0 Å². The van der Waals surface area contributed by atoms with Crippen molar-refractivity contribution in [2.75, 3.05) is 26.4 Å². The van der Waals surface area contributed by atoms with Crippen LogP contribution in [0, 0.1) is 0 Å². The Morgan fingerprint density at radius 1 is 1.07 bits per heavy atom. The first-order chi connectivity index (χ1) is 7.16. The van der Waals surface area contributed by atoms with Crippen LogP contribution in [0.3, 0.4) is 0 Å². The molecular weight excluding hydrogens is 194 g/mol. The standard InChI is InChI=1S/C11H21NO3/c1-11(2)14-7-10(8-15-11)12-9-4-3-5-13-6-9/h9-10,12H,3-8H2,1-2H3. The molecule has 0 radical (unpaired) electrons. The summed E-state index contributed by atoms with van der Waals surface area (Å²) in [6.07, 6.45) is 2.34. The molecule has 2 fully saturated rings. The third-order valence-corrected chi connectivity index (χ3v) is 2.90. The van der Waals surface area contributed by atoms with E-state index in [4.69, 9.17) is 14.2 Å². The molecule has 88 valence electrons. The van der Waals surface area contributed by atoms with Crippen molar-refractivity contribution in [3.63, 3.8) is 0 Å². The van der Waals surface area contributed by atoms with Gasteiger partial charge < -0.3 is 19.5 Å². The fraction of sp³-hybridized carbons (Fsp3) is 1.00. The quantitative estimate of drug-likeness (QED) is 0.743. The van der Waals surface area contributed by atoms with Crippen LogP contribution >= 0.6 is 0 Å². The van der Waals surface area contributed by atoms with Crippen LogP contribution in [-0.4, -0.2) is 44.3 Å². The van der Waals surface area contributed by atoms with Gasteiger partial charge in [0.2, 0.25) is 0 Å². The molecule has 0 spiro atoms. The van der Waals surface area contributed by atoms with E-state index in [2.05, 4.69) is 5.32 Å². The Bertz CT molecular complexity index is 192. The van der Waals surface area contributed by atoms with Crippen LogP contribution < -0.4 is 5.32 Å². The monoisotopic (exact) mass is 215 g/mol. The molecule has 15 heavy (non-hydrogen) atoms. The van der Waals surface area contributed by atoms with Gasteiger partial charge in [0.25, 0.3) is 0 Å². The molecule has 1 unspecified atom stereocenters. The fourth-order valence-corrected chi connectivity index (χ4v) is 1.99. The first-order valence-electron chi connectivity index (χ1n) is 5.77. The molecule has 2 saturated heterocycles. The molecule has 0 amide bonds.